The van der Waals surface area contributed by atoms with Crippen LogP contribution in [0.3, 0.4) is 0 Å². The van der Waals surface area contributed by atoms with Gasteiger partial charge in [0.15, 0.2) is 11.7 Å². The van der Waals surface area contributed by atoms with Crippen LogP contribution < -0.4 is 16.0 Å². The van der Waals surface area contributed by atoms with Gasteiger partial charge in [-0.2, -0.15) is 13.2 Å². The standard InChI is InChI=1S/C20H24F4N4O2.HI/c1-3-25-19(27-9-4-8-26-18(29)17-13(2)7-10-30-17)28-12-14-5-6-15(21)11-16(14)20(22,23)24;/h5-7,10-11H,3-4,8-9,12H2,1-2H3,(H,26,29)(H2,25,27,28);1H. The number of carbonyl (C=O) groups is 1. The van der Waals surface area contributed by atoms with E-state index in [1.165, 1.54) is 6.26 Å². The van der Waals surface area contributed by atoms with E-state index in [9.17, 15) is 22.4 Å². The fourth-order valence-corrected chi connectivity index (χ4v) is 2.64. The number of alkyl halides is 3. The molecule has 172 valence electrons. The van der Waals surface area contributed by atoms with Crippen molar-refractivity contribution >= 4 is 35.8 Å². The molecular formula is C20H25F4IN4O2. The number of halogens is 5. The molecule has 2 rings (SSSR count). The average molecular weight is 556 g/mol. The molecule has 0 bridgehead atoms. The summed E-state index contributed by atoms with van der Waals surface area (Å²) in [7, 11) is 0. The summed E-state index contributed by atoms with van der Waals surface area (Å²) in [6, 6.07) is 4.22. The lowest BCUT2D eigenvalue weighted by Crippen LogP contribution is -2.38. The average Bonchev–Trinajstić information content (AvgIpc) is 3.11. The summed E-state index contributed by atoms with van der Waals surface area (Å²) < 4.78 is 57.6. The number of nitrogens with one attached hydrogen (secondary N) is 3. The Morgan fingerprint density at radius 3 is 2.45 bits per heavy atom. The van der Waals surface area contributed by atoms with E-state index >= 15 is 0 Å². The highest BCUT2D eigenvalue weighted by atomic mass is 127. The molecule has 0 spiro atoms. The van der Waals surface area contributed by atoms with Crippen LogP contribution in [0.25, 0.3) is 0 Å². The van der Waals surface area contributed by atoms with E-state index < -0.39 is 17.6 Å². The molecule has 0 radical (unpaired) electrons. The minimum atomic E-state index is -4.66. The highest BCUT2D eigenvalue weighted by Gasteiger charge is 2.33. The Hall–Kier alpha value is -2.31. The second-order valence-corrected chi connectivity index (χ2v) is 6.46. The van der Waals surface area contributed by atoms with E-state index in [0.717, 1.165) is 17.7 Å². The van der Waals surface area contributed by atoms with E-state index in [2.05, 4.69) is 20.9 Å². The number of furan rings is 1. The summed E-state index contributed by atoms with van der Waals surface area (Å²) >= 11 is 0. The van der Waals surface area contributed by atoms with Gasteiger partial charge in [0, 0.05) is 25.2 Å². The monoisotopic (exact) mass is 556 g/mol. The van der Waals surface area contributed by atoms with Crippen molar-refractivity contribution in [3.63, 3.8) is 0 Å². The highest BCUT2D eigenvalue weighted by Crippen LogP contribution is 2.32. The van der Waals surface area contributed by atoms with Gasteiger partial charge < -0.3 is 20.4 Å². The molecular weight excluding hydrogens is 531 g/mol. The predicted molar refractivity (Wildman–Crippen MR) is 120 cm³/mol. The fourth-order valence-electron chi connectivity index (χ4n) is 2.64. The second kappa shape index (κ2) is 12.5. The van der Waals surface area contributed by atoms with Gasteiger partial charge in [-0.25, -0.2) is 9.38 Å². The second-order valence-electron chi connectivity index (χ2n) is 6.46. The third-order valence-electron chi connectivity index (χ3n) is 4.13. The van der Waals surface area contributed by atoms with Gasteiger partial charge in [-0.3, -0.25) is 4.79 Å². The van der Waals surface area contributed by atoms with Crippen molar-refractivity contribution in [1.29, 1.82) is 0 Å². The zero-order valence-corrected chi connectivity index (χ0v) is 19.4. The topological polar surface area (TPSA) is 78.7 Å². The van der Waals surface area contributed by atoms with Crippen molar-refractivity contribution in [1.82, 2.24) is 16.0 Å². The zero-order chi connectivity index (χ0) is 22.1. The molecule has 3 N–H and O–H groups in total. The van der Waals surface area contributed by atoms with E-state index in [0.29, 0.717) is 38.1 Å². The Balaban J connectivity index is 0.00000480. The molecule has 0 fully saturated rings. The van der Waals surface area contributed by atoms with Gasteiger partial charge in [-0.05, 0) is 44.0 Å². The maximum absolute atomic E-state index is 13.2. The van der Waals surface area contributed by atoms with Crippen LogP contribution in [0, 0.1) is 12.7 Å². The Morgan fingerprint density at radius 2 is 1.84 bits per heavy atom. The molecule has 11 heteroatoms. The maximum atomic E-state index is 13.2. The summed E-state index contributed by atoms with van der Waals surface area (Å²) in [4.78, 5) is 16.1. The molecule has 1 aromatic heterocycles. The number of guanidine groups is 1. The summed E-state index contributed by atoms with van der Waals surface area (Å²) in [5.74, 6) is -0.679. The molecule has 0 saturated carbocycles. The molecule has 1 amide bonds. The van der Waals surface area contributed by atoms with Crippen LogP contribution in [-0.2, 0) is 12.7 Å². The molecule has 6 nitrogen and oxygen atoms in total. The number of hydrogen-bond acceptors (Lipinski definition) is 3. The van der Waals surface area contributed by atoms with Crippen LogP contribution >= 0.6 is 24.0 Å². The number of benzene rings is 1. The lowest BCUT2D eigenvalue weighted by molar-refractivity contribution is -0.138. The molecule has 0 unspecified atom stereocenters. The van der Waals surface area contributed by atoms with Gasteiger partial charge in [0.2, 0.25) is 0 Å². The fraction of sp³-hybridized carbons (Fsp3) is 0.400. The summed E-state index contributed by atoms with van der Waals surface area (Å²) in [6.07, 6.45) is -2.67. The number of hydrogen-bond donors (Lipinski definition) is 3. The van der Waals surface area contributed by atoms with Gasteiger partial charge in [0.05, 0.1) is 18.4 Å². The number of nitrogens with zero attached hydrogens (tertiary/aromatic N) is 1. The normalized spacial score (nSPS) is 11.6. The third kappa shape index (κ3) is 8.38. The van der Waals surface area contributed by atoms with Crippen molar-refractivity contribution in [3.05, 3.63) is 58.8 Å². The Bertz CT molecular complexity index is 884. The molecule has 0 aliphatic carbocycles. The van der Waals surface area contributed by atoms with Crippen LogP contribution in [0.2, 0.25) is 0 Å². The number of rotatable bonds is 8. The van der Waals surface area contributed by atoms with Crippen molar-refractivity contribution in [2.24, 2.45) is 4.99 Å². The summed E-state index contributed by atoms with van der Waals surface area (Å²) in [5.41, 5.74) is -0.425. The highest BCUT2D eigenvalue weighted by molar-refractivity contribution is 14.0. The van der Waals surface area contributed by atoms with E-state index in [4.69, 9.17) is 4.42 Å². The third-order valence-corrected chi connectivity index (χ3v) is 4.13. The zero-order valence-electron chi connectivity index (χ0n) is 17.1. The molecule has 0 aliphatic heterocycles. The minimum Gasteiger partial charge on any atom is -0.459 e. The molecule has 31 heavy (non-hydrogen) atoms. The summed E-state index contributed by atoms with van der Waals surface area (Å²) in [6.45, 7) is 4.64. The molecule has 0 saturated heterocycles. The molecule has 0 atom stereocenters. The van der Waals surface area contributed by atoms with Crippen molar-refractivity contribution in [3.8, 4) is 0 Å². The minimum absolute atomic E-state index is 0. The van der Waals surface area contributed by atoms with Crippen LogP contribution in [0.4, 0.5) is 17.6 Å². The van der Waals surface area contributed by atoms with Gasteiger partial charge in [-0.1, -0.05) is 6.07 Å². The SMILES string of the molecule is CCNC(=NCc1ccc(F)cc1C(F)(F)F)NCCCNC(=O)c1occc1C.I. The first-order valence-corrected chi connectivity index (χ1v) is 9.42. The van der Waals surface area contributed by atoms with Gasteiger partial charge >= 0.3 is 6.18 Å². The largest absolute Gasteiger partial charge is 0.459 e. The Kier molecular flexibility index (Phi) is 10.8. The van der Waals surface area contributed by atoms with Gasteiger partial charge in [0.1, 0.15) is 5.82 Å². The maximum Gasteiger partial charge on any atom is 0.416 e. The first kappa shape index (κ1) is 26.7. The van der Waals surface area contributed by atoms with Gasteiger partial charge in [-0.15, -0.1) is 24.0 Å². The molecule has 1 aromatic carbocycles. The van der Waals surface area contributed by atoms with Gasteiger partial charge in [0.25, 0.3) is 5.91 Å². The van der Waals surface area contributed by atoms with Crippen LogP contribution in [0.15, 0.2) is 39.9 Å². The van der Waals surface area contributed by atoms with Crippen molar-refractivity contribution < 1.29 is 26.8 Å². The van der Waals surface area contributed by atoms with Crippen molar-refractivity contribution in [2.45, 2.75) is 33.0 Å². The quantitative estimate of drug-likeness (QED) is 0.150. The van der Waals surface area contributed by atoms with E-state index in [1.807, 2.05) is 6.92 Å². The lowest BCUT2D eigenvalue weighted by Gasteiger charge is -2.14. The lowest BCUT2D eigenvalue weighted by atomic mass is 10.1. The molecule has 2 aromatic rings. The van der Waals surface area contributed by atoms with Crippen LogP contribution in [0.5, 0.6) is 0 Å². The number of amides is 1. The molecule has 1 heterocycles. The number of carbonyl (C=O) groups excluding carboxylic acids is 1. The van der Waals surface area contributed by atoms with E-state index in [-0.39, 0.29) is 47.8 Å². The number of aliphatic imine (C=N–C) groups is 1. The van der Waals surface area contributed by atoms with Crippen molar-refractivity contribution in [2.75, 3.05) is 19.6 Å². The Morgan fingerprint density at radius 1 is 1.13 bits per heavy atom. The molecule has 0 aliphatic rings. The predicted octanol–water partition coefficient (Wildman–Crippen LogP) is 4.24. The first-order valence-electron chi connectivity index (χ1n) is 9.42. The van der Waals surface area contributed by atoms with Crippen LogP contribution in [0.1, 0.15) is 40.6 Å². The van der Waals surface area contributed by atoms with Crippen LogP contribution in [-0.4, -0.2) is 31.5 Å². The Labute approximate surface area is 194 Å². The number of aryl methyl sites for hydroxylation is 1. The smallest absolute Gasteiger partial charge is 0.416 e. The summed E-state index contributed by atoms with van der Waals surface area (Å²) in [5, 5.41) is 8.65. The van der Waals surface area contributed by atoms with E-state index in [1.54, 1.807) is 13.0 Å². The first-order chi connectivity index (χ1) is 14.2.